The molecule has 26 heavy (non-hydrogen) atoms. The molecule has 0 aliphatic heterocycles. The molecule has 7 nitrogen and oxygen atoms in total. The summed E-state index contributed by atoms with van der Waals surface area (Å²) in [7, 11) is 1.51. The predicted octanol–water partition coefficient (Wildman–Crippen LogP) is 4.60. The van der Waals surface area contributed by atoms with Gasteiger partial charge in [0.15, 0.2) is 4.34 Å². The van der Waals surface area contributed by atoms with Gasteiger partial charge in [-0.25, -0.2) is 4.98 Å². The minimum Gasteiger partial charge on any atom is -0.495 e. The number of non-ortho nitro benzene ring substituents is 1. The number of nitro benzene ring substituents is 1. The van der Waals surface area contributed by atoms with Gasteiger partial charge in [0.05, 0.1) is 33.7 Å². The first kappa shape index (κ1) is 18.4. The zero-order valence-corrected chi connectivity index (χ0v) is 15.8. The van der Waals surface area contributed by atoms with Crippen LogP contribution >= 0.6 is 34.7 Å². The fourth-order valence-electron chi connectivity index (χ4n) is 2.16. The molecule has 0 radical (unpaired) electrons. The Morgan fingerprint density at radius 1 is 1.38 bits per heavy atom. The highest BCUT2D eigenvalue weighted by atomic mass is 35.5. The second-order valence-electron chi connectivity index (χ2n) is 5.07. The van der Waals surface area contributed by atoms with Gasteiger partial charge in [0.2, 0.25) is 5.91 Å². The number of hydrogen-bond acceptors (Lipinski definition) is 7. The van der Waals surface area contributed by atoms with Crippen molar-refractivity contribution in [3.05, 3.63) is 51.5 Å². The average molecular weight is 410 g/mol. The SMILES string of the molecule is COc1ccc(Cl)cc1NC(=O)CSc1nc2ccc([N+](=O)[O-])cc2s1. The highest BCUT2D eigenvalue weighted by Gasteiger charge is 2.13. The van der Waals surface area contributed by atoms with Crippen molar-refractivity contribution in [3.8, 4) is 5.75 Å². The number of anilines is 1. The standard InChI is InChI=1S/C16H12ClN3O4S2/c1-24-13-5-2-9(17)6-12(13)18-15(21)8-25-16-19-11-4-3-10(20(22)23)7-14(11)26-16/h2-7H,8H2,1H3,(H,18,21). The van der Waals surface area contributed by atoms with E-state index in [9.17, 15) is 14.9 Å². The summed E-state index contributed by atoms with van der Waals surface area (Å²) in [5.41, 5.74) is 1.18. The van der Waals surface area contributed by atoms with Gasteiger partial charge in [-0.15, -0.1) is 11.3 Å². The molecule has 0 saturated heterocycles. The van der Waals surface area contributed by atoms with E-state index in [1.165, 1.54) is 42.3 Å². The average Bonchev–Trinajstić information content (AvgIpc) is 3.02. The number of hydrogen-bond donors (Lipinski definition) is 1. The van der Waals surface area contributed by atoms with E-state index in [0.717, 1.165) is 0 Å². The van der Waals surface area contributed by atoms with Crippen molar-refractivity contribution in [2.75, 3.05) is 18.2 Å². The van der Waals surface area contributed by atoms with E-state index in [4.69, 9.17) is 16.3 Å². The highest BCUT2D eigenvalue weighted by molar-refractivity contribution is 8.01. The molecular formula is C16H12ClN3O4S2. The number of nitrogens with one attached hydrogen (secondary N) is 1. The van der Waals surface area contributed by atoms with Crippen molar-refractivity contribution in [2.45, 2.75) is 4.34 Å². The van der Waals surface area contributed by atoms with Crippen LogP contribution in [-0.4, -0.2) is 28.7 Å². The summed E-state index contributed by atoms with van der Waals surface area (Å²) in [5.74, 6) is 0.415. The number of nitrogens with zero attached hydrogens (tertiary/aromatic N) is 2. The van der Waals surface area contributed by atoms with E-state index >= 15 is 0 Å². The van der Waals surface area contributed by atoms with Gasteiger partial charge in [-0.05, 0) is 24.3 Å². The topological polar surface area (TPSA) is 94.4 Å². The van der Waals surface area contributed by atoms with Gasteiger partial charge >= 0.3 is 0 Å². The Labute approximate surface area is 161 Å². The second-order valence-corrected chi connectivity index (χ2v) is 7.76. The van der Waals surface area contributed by atoms with E-state index in [0.29, 0.717) is 31.0 Å². The van der Waals surface area contributed by atoms with E-state index in [1.54, 1.807) is 24.3 Å². The summed E-state index contributed by atoms with van der Waals surface area (Å²) in [6.45, 7) is 0. The van der Waals surface area contributed by atoms with Gasteiger partial charge < -0.3 is 10.1 Å². The molecule has 2 aromatic carbocycles. The molecule has 0 atom stereocenters. The third-order valence-electron chi connectivity index (χ3n) is 3.33. The van der Waals surface area contributed by atoms with Crippen LogP contribution in [0.5, 0.6) is 5.75 Å². The van der Waals surface area contributed by atoms with Gasteiger partial charge in [-0.2, -0.15) is 0 Å². The first-order chi connectivity index (χ1) is 12.5. The van der Waals surface area contributed by atoms with E-state index in [1.807, 2.05) is 0 Å². The van der Waals surface area contributed by atoms with Crippen molar-refractivity contribution < 1.29 is 14.5 Å². The number of amides is 1. The van der Waals surface area contributed by atoms with Crippen LogP contribution < -0.4 is 10.1 Å². The maximum absolute atomic E-state index is 12.2. The van der Waals surface area contributed by atoms with Crippen LogP contribution in [0.25, 0.3) is 10.2 Å². The summed E-state index contributed by atoms with van der Waals surface area (Å²) in [6, 6.07) is 9.45. The molecule has 3 rings (SSSR count). The molecule has 0 aliphatic rings. The van der Waals surface area contributed by atoms with Gasteiger partial charge in [0, 0.05) is 17.2 Å². The lowest BCUT2D eigenvalue weighted by Crippen LogP contribution is -2.14. The largest absolute Gasteiger partial charge is 0.495 e. The summed E-state index contributed by atoms with van der Waals surface area (Å²) in [4.78, 5) is 26.9. The van der Waals surface area contributed by atoms with Gasteiger partial charge in [-0.1, -0.05) is 23.4 Å². The zero-order valence-electron chi connectivity index (χ0n) is 13.4. The number of carbonyl (C=O) groups is 1. The fraction of sp³-hybridized carbons (Fsp3) is 0.125. The summed E-state index contributed by atoms with van der Waals surface area (Å²) in [5, 5.41) is 14.1. The zero-order chi connectivity index (χ0) is 18.7. The number of ether oxygens (including phenoxy) is 1. The molecule has 0 bridgehead atoms. The van der Waals surface area contributed by atoms with Crippen LogP contribution in [0.4, 0.5) is 11.4 Å². The number of rotatable bonds is 6. The summed E-state index contributed by atoms with van der Waals surface area (Å²) < 4.78 is 6.56. The fourth-order valence-corrected chi connectivity index (χ4v) is 4.23. The smallest absolute Gasteiger partial charge is 0.270 e. The number of aromatic nitrogens is 1. The maximum atomic E-state index is 12.2. The Bertz CT molecular complexity index is 993. The van der Waals surface area contributed by atoms with Crippen molar-refractivity contribution in [2.24, 2.45) is 0 Å². The minimum atomic E-state index is -0.447. The number of fused-ring (bicyclic) bond motifs is 1. The first-order valence-corrected chi connectivity index (χ1v) is 9.45. The molecule has 10 heteroatoms. The highest BCUT2D eigenvalue weighted by Crippen LogP contribution is 2.32. The van der Waals surface area contributed by atoms with Crippen molar-refractivity contribution >= 4 is 62.2 Å². The minimum absolute atomic E-state index is 0.0171. The number of methoxy groups -OCH3 is 1. The van der Waals surface area contributed by atoms with Crippen molar-refractivity contribution in [3.63, 3.8) is 0 Å². The van der Waals surface area contributed by atoms with Gasteiger partial charge in [0.1, 0.15) is 5.75 Å². The molecule has 0 aliphatic carbocycles. The van der Waals surface area contributed by atoms with Crippen molar-refractivity contribution in [1.29, 1.82) is 0 Å². The molecule has 3 aromatic rings. The Hall–Kier alpha value is -2.36. The monoisotopic (exact) mass is 409 g/mol. The van der Waals surface area contributed by atoms with E-state index < -0.39 is 4.92 Å². The summed E-state index contributed by atoms with van der Waals surface area (Å²) in [6.07, 6.45) is 0. The van der Waals surface area contributed by atoms with Crippen LogP contribution in [0.3, 0.4) is 0 Å². The second kappa shape index (κ2) is 7.90. The number of benzene rings is 2. The third-order valence-corrected chi connectivity index (χ3v) is 5.72. The van der Waals surface area contributed by atoms with Crippen LogP contribution in [-0.2, 0) is 4.79 Å². The molecule has 1 aromatic heterocycles. The van der Waals surface area contributed by atoms with Crippen LogP contribution in [0, 0.1) is 10.1 Å². The molecular weight excluding hydrogens is 398 g/mol. The van der Waals surface area contributed by atoms with E-state index in [-0.39, 0.29) is 17.3 Å². The number of carbonyl (C=O) groups excluding carboxylic acids is 1. The lowest BCUT2D eigenvalue weighted by Gasteiger charge is -2.10. The normalized spacial score (nSPS) is 10.7. The molecule has 1 heterocycles. The first-order valence-electron chi connectivity index (χ1n) is 7.27. The Morgan fingerprint density at radius 2 is 2.19 bits per heavy atom. The number of thiazole rings is 1. The quantitative estimate of drug-likeness (QED) is 0.363. The summed E-state index contributed by atoms with van der Waals surface area (Å²) >= 11 is 8.51. The molecule has 0 fully saturated rings. The van der Waals surface area contributed by atoms with Crippen LogP contribution in [0.2, 0.25) is 5.02 Å². The Balaban J connectivity index is 1.67. The molecule has 0 saturated carbocycles. The predicted molar refractivity (Wildman–Crippen MR) is 104 cm³/mol. The number of halogens is 1. The number of nitro groups is 1. The Morgan fingerprint density at radius 3 is 2.92 bits per heavy atom. The van der Waals surface area contributed by atoms with E-state index in [2.05, 4.69) is 10.3 Å². The number of thioether (sulfide) groups is 1. The Kier molecular flexibility index (Phi) is 5.60. The lowest BCUT2D eigenvalue weighted by atomic mass is 10.3. The van der Waals surface area contributed by atoms with Gasteiger partial charge in [0.25, 0.3) is 5.69 Å². The van der Waals surface area contributed by atoms with Crippen LogP contribution in [0.15, 0.2) is 40.7 Å². The lowest BCUT2D eigenvalue weighted by molar-refractivity contribution is -0.384. The molecule has 1 N–H and O–H groups in total. The molecule has 0 unspecified atom stereocenters. The third kappa shape index (κ3) is 4.24. The van der Waals surface area contributed by atoms with Crippen LogP contribution in [0.1, 0.15) is 0 Å². The molecule has 1 amide bonds. The maximum Gasteiger partial charge on any atom is 0.270 e. The molecule has 134 valence electrons. The molecule has 0 spiro atoms. The van der Waals surface area contributed by atoms with Gasteiger partial charge in [-0.3, -0.25) is 14.9 Å². The van der Waals surface area contributed by atoms with Crippen molar-refractivity contribution in [1.82, 2.24) is 4.98 Å².